The van der Waals surface area contributed by atoms with Crippen LogP contribution in [0.15, 0.2) is 57.0 Å². The van der Waals surface area contributed by atoms with Crippen molar-refractivity contribution in [3.8, 4) is 0 Å². The summed E-state index contributed by atoms with van der Waals surface area (Å²) in [6.45, 7) is 8.27. The number of hydrogen-bond donors (Lipinski definition) is 0. The first-order valence-electron chi connectivity index (χ1n) is 11.2. The number of aryl methyl sites for hydroxylation is 1. The number of carbonyl (C=O) groups excluding carboxylic acids is 2. The summed E-state index contributed by atoms with van der Waals surface area (Å²) >= 11 is 1.19. The zero-order valence-corrected chi connectivity index (χ0v) is 21.1. The van der Waals surface area contributed by atoms with Crippen LogP contribution in [0.3, 0.4) is 0 Å². The summed E-state index contributed by atoms with van der Waals surface area (Å²) in [5.41, 5.74) is 2.99. The van der Waals surface area contributed by atoms with Crippen LogP contribution in [0.5, 0.6) is 0 Å². The van der Waals surface area contributed by atoms with Gasteiger partial charge in [0, 0.05) is 23.0 Å². The van der Waals surface area contributed by atoms with E-state index in [1.807, 2.05) is 19.9 Å². The molecule has 0 saturated heterocycles. The van der Waals surface area contributed by atoms with Crippen LogP contribution in [0.4, 0.5) is 0 Å². The highest BCUT2D eigenvalue weighted by molar-refractivity contribution is 7.99. The van der Waals surface area contributed by atoms with Crippen molar-refractivity contribution in [3.63, 3.8) is 0 Å². The molecule has 0 aliphatic rings. The highest BCUT2D eigenvalue weighted by Gasteiger charge is 2.20. The normalized spacial score (nSPS) is 11.4. The van der Waals surface area contributed by atoms with E-state index < -0.39 is 5.97 Å². The Kier molecular flexibility index (Phi) is 6.98. The molecule has 3 heterocycles. The number of benzene rings is 1. The average Bonchev–Trinajstić information content (AvgIpc) is 3.45. The van der Waals surface area contributed by atoms with E-state index in [1.54, 1.807) is 18.2 Å². The Morgan fingerprint density at radius 3 is 2.57 bits per heavy atom. The van der Waals surface area contributed by atoms with Crippen LogP contribution in [0.25, 0.3) is 10.9 Å². The van der Waals surface area contributed by atoms with Gasteiger partial charge in [0.05, 0.1) is 42.1 Å². The van der Waals surface area contributed by atoms with Crippen molar-refractivity contribution in [2.45, 2.75) is 45.4 Å². The fourth-order valence-corrected chi connectivity index (χ4v) is 5.20. The van der Waals surface area contributed by atoms with Crippen molar-refractivity contribution in [2.24, 2.45) is 0 Å². The molecule has 35 heavy (non-hydrogen) atoms. The SMILES string of the molecule is COC(=O)c1ccc2c(=O)n(Cc3ccco3)c(SCC(=O)c3cc(C)n(C(C)C)c3C)nc2c1. The molecular formula is C26H27N3O5S. The van der Waals surface area contributed by atoms with E-state index in [4.69, 9.17) is 9.15 Å². The van der Waals surface area contributed by atoms with Gasteiger partial charge in [-0.3, -0.25) is 14.2 Å². The molecule has 4 rings (SSSR count). The second-order valence-corrected chi connectivity index (χ2v) is 9.49. The molecule has 9 heteroatoms. The van der Waals surface area contributed by atoms with E-state index in [-0.39, 0.29) is 29.7 Å². The molecule has 0 aliphatic heterocycles. The maximum Gasteiger partial charge on any atom is 0.337 e. The summed E-state index contributed by atoms with van der Waals surface area (Å²) in [6.07, 6.45) is 1.54. The third-order valence-electron chi connectivity index (χ3n) is 5.87. The third-order valence-corrected chi connectivity index (χ3v) is 6.85. The molecule has 3 aromatic heterocycles. The Balaban J connectivity index is 1.73. The molecule has 0 fully saturated rings. The van der Waals surface area contributed by atoms with Gasteiger partial charge < -0.3 is 13.7 Å². The van der Waals surface area contributed by atoms with E-state index in [0.29, 0.717) is 32.9 Å². The fourth-order valence-electron chi connectivity index (χ4n) is 4.32. The number of thioether (sulfide) groups is 1. The van der Waals surface area contributed by atoms with E-state index in [2.05, 4.69) is 23.4 Å². The van der Waals surface area contributed by atoms with Gasteiger partial charge in [0.15, 0.2) is 10.9 Å². The lowest BCUT2D eigenvalue weighted by Crippen LogP contribution is -2.24. The standard InChI is InChI=1S/C26H27N3O5S/c1-15(2)29-16(3)11-21(17(29)4)23(30)14-35-26-27-22-12-18(25(32)33-5)8-9-20(22)24(31)28(26)13-19-7-6-10-34-19/h6-12,15H,13-14H2,1-5H3. The van der Waals surface area contributed by atoms with E-state index in [0.717, 1.165) is 11.4 Å². The van der Waals surface area contributed by atoms with E-state index in [9.17, 15) is 14.4 Å². The summed E-state index contributed by atoms with van der Waals surface area (Å²) in [6, 6.07) is 10.3. The number of aromatic nitrogens is 3. The molecule has 0 spiro atoms. The van der Waals surface area contributed by atoms with E-state index in [1.165, 1.54) is 41.8 Å². The number of ketones is 1. The summed E-state index contributed by atoms with van der Waals surface area (Å²) in [5.74, 6) is 0.137. The Hall–Kier alpha value is -3.59. The van der Waals surface area contributed by atoms with Gasteiger partial charge in [0.2, 0.25) is 0 Å². The Morgan fingerprint density at radius 1 is 1.17 bits per heavy atom. The van der Waals surface area contributed by atoms with Gasteiger partial charge in [0.25, 0.3) is 5.56 Å². The lowest BCUT2D eigenvalue weighted by atomic mass is 10.1. The molecule has 8 nitrogen and oxygen atoms in total. The van der Waals surface area contributed by atoms with Crippen LogP contribution in [-0.2, 0) is 11.3 Å². The molecular weight excluding hydrogens is 466 g/mol. The number of nitrogens with zero attached hydrogens (tertiary/aromatic N) is 3. The molecule has 4 aromatic rings. The monoisotopic (exact) mass is 493 g/mol. The largest absolute Gasteiger partial charge is 0.467 e. The van der Waals surface area contributed by atoms with E-state index >= 15 is 0 Å². The Morgan fingerprint density at radius 2 is 1.94 bits per heavy atom. The summed E-state index contributed by atoms with van der Waals surface area (Å²) in [7, 11) is 1.30. The van der Waals surface area contributed by atoms with Gasteiger partial charge in [-0.25, -0.2) is 9.78 Å². The first-order valence-corrected chi connectivity index (χ1v) is 12.2. The van der Waals surface area contributed by atoms with Crippen LogP contribution in [0, 0.1) is 13.8 Å². The first-order chi connectivity index (χ1) is 16.7. The molecule has 0 bridgehead atoms. The third kappa shape index (κ3) is 4.81. The second-order valence-electron chi connectivity index (χ2n) is 8.55. The van der Waals surface area contributed by atoms with Crippen LogP contribution < -0.4 is 5.56 Å². The minimum Gasteiger partial charge on any atom is -0.467 e. The minimum absolute atomic E-state index is 0.0443. The molecule has 0 amide bonds. The van der Waals surface area contributed by atoms with Crippen molar-refractivity contribution < 1.29 is 18.7 Å². The Labute approximate surface area is 206 Å². The summed E-state index contributed by atoms with van der Waals surface area (Å²) in [5, 5.41) is 0.729. The van der Waals surface area contributed by atoms with Crippen molar-refractivity contribution in [3.05, 3.63) is 81.3 Å². The van der Waals surface area contributed by atoms with Crippen LogP contribution in [-0.4, -0.2) is 38.7 Å². The zero-order chi connectivity index (χ0) is 25.3. The smallest absolute Gasteiger partial charge is 0.337 e. The molecule has 0 aliphatic carbocycles. The summed E-state index contributed by atoms with van der Waals surface area (Å²) < 4.78 is 13.9. The minimum atomic E-state index is -0.515. The van der Waals surface area contributed by atoms with Gasteiger partial charge >= 0.3 is 5.97 Å². The van der Waals surface area contributed by atoms with Crippen molar-refractivity contribution >= 4 is 34.4 Å². The van der Waals surface area contributed by atoms with Crippen LogP contribution in [0.2, 0.25) is 0 Å². The van der Waals surface area contributed by atoms with Crippen LogP contribution in [0.1, 0.15) is 57.8 Å². The lowest BCUT2D eigenvalue weighted by Gasteiger charge is -2.14. The Bertz CT molecular complexity index is 1460. The molecule has 0 saturated carbocycles. The van der Waals surface area contributed by atoms with Gasteiger partial charge in [-0.05, 0) is 64.1 Å². The second kappa shape index (κ2) is 9.95. The van der Waals surface area contributed by atoms with Gasteiger partial charge in [-0.1, -0.05) is 11.8 Å². The highest BCUT2D eigenvalue weighted by Crippen LogP contribution is 2.25. The van der Waals surface area contributed by atoms with Crippen molar-refractivity contribution in [1.82, 2.24) is 14.1 Å². The number of esters is 1. The number of hydrogen-bond acceptors (Lipinski definition) is 7. The maximum absolute atomic E-state index is 13.4. The molecule has 0 unspecified atom stereocenters. The zero-order valence-electron chi connectivity index (χ0n) is 20.3. The topological polar surface area (TPSA) is 96.3 Å². The quantitative estimate of drug-likeness (QED) is 0.151. The molecule has 0 radical (unpaired) electrons. The van der Waals surface area contributed by atoms with Crippen molar-refractivity contribution in [2.75, 3.05) is 12.9 Å². The number of furan rings is 1. The van der Waals surface area contributed by atoms with Gasteiger partial charge in [-0.15, -0.1) is 0 Å². The highest BCUT2D eigenvalue weighted by atomic mass is 32.2. The number of ether oxygens (including phenoxy) is 1. The molecule has 1 aromatic carbocycles. The average molecular weight is 494 g/mol. The molecule has 0 N–H and O–H groups in total. The number of methoxy groups -OCH3 is 1. The van der Waals surface area contributed by atoms with Crippen LogP contribution >= 0.6 is 11.8 Å². The number of fused-ring (bicyclic) bond motifs is 1. The predicted octanol–water partition coefficient (Wildman–Crippen LogP) is 4.80. The predicted molar refractivity (Wildman–Crippen MR) is 134 cm³/mol. The van der Waals surface area contributed by atoms with Crippen molar-refractivity contribution in [1.29, 1.82) is 0 Å². The lowest BCUT2D eigenvalue weighted by molar-refractivity contribution is 0.0600. The maximum atomic E-state index is 13.4. The molecule has 0 atom stereocenters. The number of rotatable bonds is 8. The van der Waals surface area contributed by atoms with Gasteiger partial charge in [-0.2, -0.15) is 0 Å². The summed E-state index contributed by atoms with van der Waals surface area (Å²) in [4.78, 5) is 43.2. The number of Topliss-reactive ketones (excluding diaryl/α,β-unsaturated/α-hetero) is 1. The van der Waals surface area contributed by atoms with Gasteiger partial charge in [0.1, 0.15) is 5.76 Å². The first kappa shape index (κ1) is 24.5. The molecule has 182 valence electrons. The fraction of sp³-hybridized carbons (Fsp3) is 0.308. The number of carbonyl (C=O) groups is 2.